The Balaban J connectivity index is 2.07. The molecule has 0 saturated heterocycles. The van der Waals surface area contributed by atoms with Crippen LogP contribution in [0.5, 0.6) is 5.75 Å². The Labute approximate surface area is 125 Å². The van der Waals surface area contributed by atoms with Gasteiger partial charge in [0.05, 0.1) is 17.4 Å². The number of nitro groups is 1. The van der Waals surface area contributed by atoms with E-state index in [0.29, 0.717) is 17.6 Å². The minimum atomic E-state index is -0.552. The molecule has 0 aromatic heterocycles. The molecule has 1 aliphatic carbocycles. The summed E-state index contributed by atoms with van der Waals surface area (Å²) in [6, 6.07) is 4.02. The van der Waals surface area contributed by atoms with Gasteiger partial charge in [-0.15, -0.1) is 0 Å². The smallest absolute Gasteiger partial charge is 0.339 e. The lowest BCUT2D eigenvalue weighted by molar-refractivity contribution is -0.385. The first-order chi connectivity index (χ1) is 10.5. The summed E-state index contributed by atoms with van der Waals surface area (Å²) in [7, 11) is 0. The number of hydrogen-bond donors (Lipinski definition) is 0. The van der Waals surface area contributed by atoms with Crippen molar-refractivity contribution in [1.29, 1.82) is 0 Å². The predicted octanol–water partition coefficient (Wildman–Crippen LogP) is 2.11. The Bertz CT molecular complexity index is 708. The SMILES string of the molecule is CCOC(=O)[C@H]1CC=C2C(=O)Oc3ccc([N+](=O)[O-])cc3[C@@H]21. The maximum absolute atomic E-state index is 12.1. The van der Waals surface area contributed by atoms with Crippen LogP contribution in [0.4, 0.5) is 5.69 Å². The van der Waals surface area contributed by atoms with Crippen molar-refractivity contribution >= 4 is 17.6 Å². The summed E-state index contributed by atoms with van der Waals surface area (Å²) in [6.45, 7) is 1.94. The molecule has 22 heavy (non-hydrogen) atoms. The summed E-state index contributed by atoms with van der Waals surface area (Å²) >= 11 is 0. The molecule has 3 rings (SSSR count). The van der Waals surface area contributed by atoms with Gasteiger partial charge in [0, 0.05) is 29.2 Å². The molecule has 2 aliphatic rings. The third kappa shape index (κ3) is 2.14. The number of allylic oxidation sites excluding steroid dienone is 1. The highest BCUT2D eigenvalue weighted by atomic mass is 16.6. The largest absolute Gasteiger partial charge is 0.466 e. The van der Waals surface area contributed by atoms with E-state index in [2.05, 4.69) is 0 Å². The predicted molar refractivity (Wildman–Crippen MR) is 74.3 cm³/mol. The van der Waals surface area contributed by atoms with Crippen LogP contribution in [-0.4, -0.2) is 23.5 Å². The third-order valence-electron chi connectivity index (χ3n) is 3.90. The highest BCUT2D eigenvalue weighted by molar-refractivity contribution is 5.97. The maximum atomic E-state index is 12.1. The first-order valence-electron chi connectivity index (χ1n) is 6.90. The molecule has 1 aliphatic heterocycles. The Kier molecular flexibility index (Phi) is 3.40. The number of fused-ring (bicyclic) bond motifs is 3. The molecule has 0 N–H and O–H groups in total. The van der Waals surface area contributed by atoms with E-state index in [4.69, 9.17) is 9.47 Å². The van der Waals surface area contributed by atoms with Gasteiger partial charge in [-0.2, -0.15) is 0 Å². The fourth-order valence-electron chi connectivity index (χ4n) is 2.95. The molecule has 7 heteroatoms. The fourth-order valence-corrected chi connectivity index (χ4v) is 2.95. The monoisotopic (exact) mass is 303 g/mol. The van der Waals surface area contributed by atoms with Gasteiger partial charge in [-0.25, -0.2) is 4.79 Å². The molecule has 1 heterocycles. The van der Waals surface area contributed by atoms with E-state index in [-0.39, 0.29) is 18.0 Å². The number of nitro benzene ring substituents is 1. The van der Waals surface area contributed by atoms with Crippen molar-refractivity contribution in [3.63, 3.8) is 0 Å². The first kappa shape index (κ1) is 14.2. The van der Waals surface area contributed by atoms with Gasteiger partial charge >= 0.3 is 11.9 Å². The minimum absolute atomic E-state index is 0.106. The quantitative estimate of drug-likeness (QED) is 0.367. The number of hydrogen-bond acceptors (Lipinski definition) is 6. The Hall–Kier alpha value is -2.70. The van der Waals surface area contributed by atoms with Crippen LogP contribution in [0.2, 0.25) is 0 Å². The van der Waals surface area contributed by atoms with Gasteiger partial charge in [0.2, 0.25) is 0 Å². The fraction of sp³-hybridized carbons (Fsp3) is 0.333. The van der Waals surface area contributed by atoms with E-state index < -0.39 is 28.7 Å². The molecule has 0 spiro atoms. The van der Waals surface area contributed by atoms with Gasteiger partial charge in [0.25, 0.3) is 5.69 Å². The number of nitrogens with zero attached hydrogens (tertiary/aromatic N) is 1. The first-order valence-corrected chi connectivity index (χ1v) is 6.90. The summed E-state index contributed by atoms with van der Waals surface area (Å²) in [5, 5.41) is 11.0. The standard InChI is InChI=1S/C15H13NO6/c1-2-21-14(17)9-4-5-10-13(9)11-7-8(16(19)20)3-6-12(11)22-15(10)18/h3,5-7,9,13H,2,4H2,1H3/t9-,13+/m0/s1. The summed E-state index contributed by atoms with van der Waals surface area (Å²) in [6.07, 6.45) is 2.01. The number of benzene rings is 1. The zero-order valence-electron chi connectivity index (χ0n) is 11.8. The summed E-state index contributed by atoms with van der Waals surface area (Å²) < 4.78 is 10.2. The van der Waals surface area contributed by atoms with Crippen molar-refractivity contribution in [3.05, 3.63) is 45.5 Å². The molecule has 0 bridgehead atoms. The Morgan fingerprint density at radius 3 is 2.95 bits per heavy atom. The van der Waals surface area contributed by atoms with E-state index in [0.717, 1.165) is 0 Å². The number of rotatable bonds is 3. The molecule has 7 nitrogen and oxygen atoms in total. The number of esters is 2. The second-order valence-corrected chi connectivity index (χ2v) is 5.10. The highest BCUT2D eigenvalue weighted by Gasteiger charge is 2.45. The lowest BCUT2D eigenvalue weighted by Crippen LogP contribution is -2.29. The Morgan fingerprint density at radius 2 is 2.27 bits per heavy atom. The van der Waals surface area contributed by atoms with Crippen LogP contribution in [0.3, 0.4) is 0 Å². The second-order valence-electron chi connectivity index (χ2n) is 5.10. The Morgan fingerprint density at radius 1 is 1.50 bits per heavy atom. The van der Waals surface area contributed by atoms with Crippen LogP contribution in [0.25, 0.3) is 0 Å². The lowest BCUT2D eigenvalue weighted by Gasteiger charge is -2.27. The van der Waals surface area contributed by atoms with Gasteiger partial charge in [-0.05, 0) is 19.4 Å². The van der Waals surface area contributed by atoms with E-state index in [1.807, 2.05) is 0 Å². The molecule has 2 atom stereocenters. The van der Waals surface area contributed by atoms with E-state index >= 15 is 0 Å². The molecule has 0 fully saturated rings. The third-order valence-corrected chi connectivity index (χ3v) is 3.90. The van der Waals surface area contributed by atoms with Gasteiger partial charge < -0.3 is 9.47 Å². The van der Waals surface area contributed by atoms with Crippen LogP contribution >= 0.6 is 0 Å². The molecular formula is C15H13NO6. The van der Waals surface area contributed by atoms with Crippen molar-refractivity contribution in [2.45, 2.75) is 19.3 Å². The second kappa shape index (κ2) is 5.25. The zero-order valence-corrected chi connectivity index (χ0v) is 11.8. The van der Waals surface area contributed by atoms with Crippen molar-refractivity contribution in [2.75, 3.05) is 6.61 Å². The minimum Gasteiger partial charge on any atom is -0.466 e. The zero-order chi connectivity index (χ0) is 15.9. The van der Waals surface area contributed by atoms with Gasteiger partial charge in [0.1, 0.15) is 5.75 Å². The summed E-state index contributed by atoms with van der Waals surface area (Å²) in [4.78, 5) is 34.5. The topological polar surface area (TPSA) is 95.7 Å². The lowest BCUT2D eigenvalue weighted by atomic mass is 9.82. The van der Waals surface area contributed by atoms with Crippen LogP contribution in [0, 0.1) is 16.0 Å². The summed E-state index contributed by atoms with van der Waals surface area (Å²) in [5.74, 6) is -1.77. The average Bonchev–Trinajstić information content (AvgIpc) is 2.93. The van der Waals surface area contributed by atoms with Gasteiger partial charge in [-0.3, -0.25) is 14.9 Å². The molecular weight excluding hydrogens is 290 g/mol. The molecule has 1 aromatic rings. The molecule has 0 unspecified atom stereocenters. The normalized spacial score (nSPS) is 22.2. The number of ether oxygens (including phenoxy) is 2. The maximum Gasteiger partial charge on any atom is 0.339 e. The van der Waals surface area contributed by atoms with Crippen molar-refractivity contribution in [2.24, 2.45) is 5.92 Å². The average molecular weight is 303 g/mol. The highest BCUT2D eigenvalue weighted by Crippen LogP contribution is 2.48. The number of carbonyl (C=O) groups excluding carboxylic acids is 2. The van der Waals surface area contributed by atoms with Crippen LogP contribution in [0.1, 0.15) is 24.8 Å². The van der Waals surface area contributed by atoms with Crippen LogP contribution in [-0.2, 0) is 14.3 Å². The van der Waals surface area contributed by atoms with E-state index in [1.165, 1.54) is 18.2 Å². The number of carbonyl (C=O) groups is 2. The van der Waals surface area contributed by atoms with Crippen molar-refractivity contribution in [3.8, 4) is 5.75 Å². The van der Waals surface area contributed by atoms with Crippen molar-refractivity contribution < 1.29 is 24.0 Å². The van der Waals surface area contributed by atoms with E-state index in [9.17, 15) is 19.7 Å². The van der Waals surface area contributed by atoms with Gasteiger partial charge in [-0.1, -0.05) is 6.08 Å². The molecule has 0 amide bonds. The van der Waals surface area contributed by atoms with Crippen LogP contribution in [0.15, 0.2) is 29.8 Å². The van der Waals surface area contributed by atoms with E-state index in [1.54, 1.807) is 13.0 Å². The molecule has 114 valence electrons. The molecule has 0 saturated carbocycles. The number of non-ortho nitro benzene ring substituents is 1. The van der Waals surface area contributed by atoms with Crippen molar-refractivity contribution in [1.82, 2.24) is 0 Å². The molecule has 1 aromatic carbocycles. The summed E-state index contributed by atoms with van der Waals surface area (Å²) in [5.41, 5.74) is 0.743. The molecule has 0 radical (unpaired) electrons. The van der Waals surface area contributed by atoms with Gasteiger partial charge in [0.15, 0.2) is 0 Å². The van der Waals surface area contributed by atoms with Crippen LogP contribution < -0.4 is 4.74 Å².